The molecule has 0 unspecified atom stereocenters. The highest BCUT2D eigenvalue weighted by Crippen LogP contribution is 2.70. The SMILES string of the molecule is Fc1ccc(P(C(F)(F)C(F)(F)F)C(F)(F)C(F)(F)F)c(F)c1. The minimum atomic E-state index is -6.81. The molecule has 0 aliphatic heterocycles. The van der Waals surface area contributed by atoms with Gasteiger partial charge in [-0.25, -0.2) is 8.78 Å². The van der Waals surface area contributed by atoms with Crippen molar-refractivity contribution in [3.8, 4) is 0 Å². The molecular formula is C10H3F12P. The number of rotatable bonds is 3. The van der Waals surface area contributed by atoms with E-state index < -0.39 is 48.5 Å². The average Bonchev–Trinajstić information content (AvgIpc) is 2.29. The van der Waals surface area contributed by atoms with E-state index in [0.717, 1.165) is 0 Å². The third-order valence-electron chi connectivity index (χ3n) is 2.39. The molecule has 0 atom stereocenters. The first-order chi connectivity index (χ1) is 10.0. The van der Waals surface area contributed by atoms with Crippen LogP contribution < -0.4 is 5.30 Å². The summed E-state index contributed by atoms with van der Waals surface area (Å²) in [5, 5.41) is -2.26. The Morgan fingerprint density at radius 3 is 1.35 bits per heavy atom. The van der Waals surface area contributed by atoms with Crippen molar-refractivity contribution in [2.45, 2.75) is 23.7 Å². The maximum absolute atomic E-state index is 13.3. The summed E-state index contributed by atoms with van der Waals surface area (Å²) in [4.78, 5) is 0. The highest BCUT2D eigenvalue weighted by molar-refractivity contribution is 7.68. The van der Waals surface area contributed by atoms with E-state index in [9.17, 15) is 52.7 Å². The molecule has 0 nitrogen and oxygen atoms in total. The lowest BCUT2D eigenvalue weighted by molar-refractivity contribution is -0.261. The molecule has 0 fully saturated rings. The second kappa shape index (κ2) is 5.71. The lowest BCUT2D eigenvalue weighted by Crippen LogP contribution is -2.48. The van der Waals surface area contributed by atoms with Crippen molar-refractivity contribution in [1.29, 1.82) is 0 Å². The van der Waals surface area contributed by atoms with E-state index in [1.54, 1.807) is 0 Å². The van der Waals surface area contributed by atoms with Crippen LogP contribution in [0.3, 0.4) is 0 Å². The summed E-state index contributed by atoms with van der Waals surface area (Å²) < 4.78 is 153. The average molecular weight is 382 g/mol. The van der Waals surface area contributed by atoms with Gasteiger partial charge in [0.1, 0.15) is 11.6 Å². The molecule has 1 aromatic carbocycles. The van der Waals surface area contributed by atoms with Gasteiger partial charge in [-0.2, -0.15) is 43.9 Å². The Balaban J connectivity index is 3.70. The van der Waals surface area contributed by atoms with Crippen molar-refractivity contribution in [2.24, 2.45) is 0 Å². The zero-order valence-electron chi connectivity index (χ0n) is 10.2. The largest absolute Gasteiger partial charge is 0.458 e. The van der Waals surface area contributed by atoms with E-state index in [2.05, 4.69) is 0 Å². The first-order valence-electron chi connectivity index (χ1n) is 5.18. The van der Waals surface area contributed by atoms with E-state index >= 15 is 0 Å². The monoisotopic (exact) mass is 382 g/mol. The molecule has 0 aromatic heterocycles. The molecule has 0 aliphatic rings. The van der Waals surface area contributed by atoms with Gasteiger partial charge in [-0.1, -0.05) is 0 Å². The third kappa shape index (κ3) is 3.51. The van der Waals surface area contributed by atoms with E-state index in [1.807, 2.05) is 0 Å². The van der Waals surface area contributed by atoms with Crippen molar-refractivity contribution >= 4 is 13.2 Å². The zero-order valence-corrected chi connectivity index (χ0v) is 11.1. The van der Waals surface area contributed by atoms with Gasteiger partial charge < -0.3 is 0 Å². The molecule has 13 heteroatoms. The zero-order chi connectivity index (χ0) is 18.4. The van der Waals surface area contributed by atoms with Gasteiger partial charge >= 0.3 is 23.7 Å². The van der Waals surface area contributed by atoms with E-state index in [1.165, 1.54) is 0 Å². The van der Waals surface area contributed by atoms with Crippen LogP contribution in [0, 0.1) is 11.6 Å². The van der Waals surface area contributed by atoms with Crippen LogP contribution in [0.5, 0.6) is 0 Å². The lowest BCUT2D eigenvalue weighted by atomic mass is 10.3. The smallest absolute Gasteiger partial charge is 0.207 e. The van der Waals surface area contributed by atoms with Gasteiger partial charge in [-0.05, 0) is 12.1 Å². The Kier molecular flexibility index (Phi) is 4.93. The molecule has 0 bridgehead atoms. The summed E-state index contributed by atoms with van der Waals surface area (Å²) >= 11 is 0. The molecule has 1 aromatic rings. The molecule has 0 amide bonds. The lowest BCUT2D eigenvalue weighted by Gasteiger charge is -2.35. The third-order valence-corrected chi connectivity index (χ3v) is 4.87. The van der Waals surface area contributed by atoms with Crippen molar-refractivity contribution in [3.05, 3.63) is 29.8 Å². The van der Waals surface area contributed by atoms with Gasteiger partial charge in [-0.3, -0.25) is 0 Å². The number of halogens is 12. The Bertz CT molecular complexity index is 546. The summed E-state index contributed by atoms with van der Waals surface area (Å²) in [7, 11) is -5.81. The van der Waals surface area contributed by atoms with Gasteiger partial charge in [0.05, 0.1) is 7.92 Å². The summed E-state index contributed by atoms with van der Waals surface area (Å²) in [6, 6.07) is -0.675. The van der Waals surface area contributed by atoms with Gasteiger partial charge in [-0.15, -0.1) is 0 Å². The topological polar surface area (TPSA) is 0 Å². The number of hydrogen-bond donors (Lipinski definition) is 0. The van der Waals surface area contributed by atoms with Gasteiger partial charge in [0.2, 0.25) is 0 Å². The van der Waals surface area contributed by atoms with Crippen LogP contribution in [0.2, 0.25) is 0 Å². The van der Waals surface area contributed by atoms with Crippen molar-refractivity contribution < 1.29 is 52.7 Å². The van der Waals surface area contributed by atoms with Crippen LogP contribution in [-0.4, -0.2) is 23.7 Å². The summed E-state index contributed by atoms with van der Waals surface area (Å²) in [6.45, 7) is 0. The van der Waals surface area contributed by atoms with Crippen LogP contribution in [-0.2, 0) is 0 Å². The number of benzene rings is 1. The van der Waals surface area contributed by atoms with Gasteiger partial charge in [0.25, 0.3) is 0 Å². The first kappa shape index (κ1) is 19.9. The van der Waals surface area contributed by atoms with Gasteiger partial charge in [0, 0.05) is 11.4 Å². The predicted octanol–water partition coefficient (Wildman–Crippen LogP) is 5.38. The number of alkyl halides is 10. The molecule has 0 radical (unpaired) electrons. The highest BCUT2D eigenvalue weighted by Gasteiger charge is 2.76. The van der Waals surface area contributed by atoms with Gasteiger partial charge in [0.15, 0.2) is 0 Å². The molecule has 132 valence electrons. The van der Waals surface area contributed by atoms with Crippen LogP contribution in [0.4, 0.5) is 52.7 Å². The fraction of sp³-hybridized carbons (Fsp3) is 0.400. The van der Waals surface area contributed by atoms with Crippen LogP contribution >= 0.6 is 7.92 Å². The molecule has 0 saturated carbocycles. The minimum absolute atomic E-state index is 0.00729. The fourth-order valence-corrected chi connectivity index (χ4v) is 3.36. The highest BCUT2D eigenvalue weighted by atomic mass is 31.1. The van der Waals surface area contributed by atoms with Crippen molar-refractivity contribution in [1.82, 2.24) is 0 Å². The maximum atomic E-state index is 13.3. The van der Waals surface area contributed by atoms with Crippen molar-refractivity contribution in [3.63, 3.8) is 0 Å². The van der Waals surface area contributed by atoms with E-state index in [-0.39, 0.29) is 18.2 Å². The Hall–Kier alpha value is -1.19. The molecule has 0 aliphatic carbocycles. The Labute approximate surface area is 120 Å². The summed E-state index contributed by atoms with van der Waals surface area (Å²) in [5.74, 6) is -3.93. The summed E-state index contributed by atoms with van der Waals surface area (Å²) in [5.41, 5.74) is -13.2. The molecule has 0 spiro atoms. The van der Waals surface area contributed by atoms with Crippen molar-refractivity contribution in [2.75, 3.05) is 0 Å². The second-order valence-corrected chi connectivity index (χ2v) is 6.29. The summed E-state index contributed by atoms with van der Waals surface area (Å²) in [6.07, 6.45) is -13.6. The fourth-order valence-electron chi connectivity index (χ4n) is 1.40. The normalized spacial score (nSPS) is 14.5. The molecule has 1 rings (SSSR count). The quantitative estimate of drug-likeness (QED) is 0.486. The number of hydrogen-bond acceptors (Lipinski definition) is 0. The first-order valence-corrected chi connectivity index (χ1v) is 6.52. The Morgan fingerprint density at radius 1 is 0.652 bits per heavy atom. The Morgan fingerprint density at radius 2 is 1.04 bits per heavy atom. The minimum Gasteiger partial charge on any atom is -0.207 e. The maximum Gasteiger partial charge on any atom is 0.458 e. The molecule has 23 heavy (non-hydrogen) atoms. The van der Waals surface area contributed by atoms with Crippen LogP contribution in [0.15, 0.2) is 18.2 Å². The molecule has 0 heterocycles. The van der Waals surface area contributed by atoms with Crippen LogP contribution in [0.25, 0.3) is 0 Å². The predicted molar refractivity (Wildman–Crippen MR) is 54.9 cm³/mol. The molecule has 0 N–H and O–H groups in total. The van der Waals surface area contributed by atoms with Crippen LogP contribution in [0.1, 0.15) is 0 Å². The van der Waals surface area contributed by atoms with E-state index in [0.29, 0.717) is 0 Å². The molecule has 0 saturated heterocycles. The standard InChI is InChI=1S/C10H3F12P/c11-4-1-2-6(5(12)3-4)23(9(19,20)7(13,14)15)10(21,22)8(16,17)18/h1-3H. The van der Waals surface area contributed by atoms with E-state index in [4.69, 9.17) is 0 Å². The molecular weight excluding hydrogens is 379 g/mol. The second-order valence-electron chi connectivity index (χ2n) is 4.01.